The van der Waals surface area contributed by atoms with Gasteiger partial charge in [0.05, 0.1) is 17.1 Å². The molecule has 4 nitrogen and oxygen atoms in total. The first-order valence-electron chi connectivity index (χ1n) is 6.21. The van der Waals surface area contributed by atoms with E-state index in [2.05, 4.69) is 42.5 Å². The Morgan fingerprint density at radius 2 is 1.86 bits per heavy atom. The minimum absolute atomic E-state index is 0.220. The maximum atomic E-state index is 12.1. The Hall–Kier alpha value is -1.44. The first-order chi connectivity index (χ1) is 10.5. The van der Waals surface area contributed by atoms with Gasteiger partial charge in [-0.05, 0) is 74.4 Å². The van der Waals surface area contributed by atoms with E-state index in [1.54, 1.807) is 37.4 Å². The summed E-state index contributed by atoms with van der Waals surface area (Å²) >= 11 is 11.9. The smallest absolute Gasteiger partial charge is 0.258 e. The molecule has 0 bridgehead atoms. The van der Waals surface area contributed by atoms with Crippen molar-refractivity contribution in [1.82, 2.24) is 5.32 Å². The number of hydrogen-bond donors (Lipinski definition) is 2. The Labute approximate surface area is 150 Å². The number of anilines is 1. The van der Waals surface area contributed by atoms with Crippen LogP contribution in [0, 0.1) is 0 Å². The molecule has 0 saturated heterocycles. The number of nitrogens with one attached hydrogen (secondary N) is 2. The minimum Gasteiger partial charge on any atom is -0.496 e. The van der Waals surface area contributed by atoms with Gasteiger partial charge in [-0.2, -0.15) is 0 Å². The topological polar surface area (TPSA) is 50.4 Å². The molecule has 0 aliphatic heterocycles. The molecule has 0 atom stereocenters. The molecule has 0 saturated carbocycles. The Bertz CT molecular complexity index is 722. The van der Waals surface area contributed by atoms with E-state index in [-0.39, 0.29) is 11.0 Å². The first kappa shape index (κ1) is 16.9. The van der Waals surface area contributed by atoms with Gasteiger partial charge in [0, 0.05) is 10.2 Å². The second-order valence-electron chi connectivity index (χ2n) is 4.24. The molecule has 2 N–H and O–H groups in total. The third-order valence-corrected chi connectivity index (χ3v) is 4.27. The molecule has 22 heavy (non-hydrogen) atoms. The van der Waals surface area contributed by atoms with E-state index in [4.69, 9.17) is 17.0 Å². The third-order valence-electron chi connectivity index (χ3n) is 2.76. The second kappa shape index (κ2) is 7.71. The molecule has 0 radical (unpaired) electrons. The Kier molecular flexibility index (Phi) is 5.93. The summed E-state index contributed by atoms with van der Waals surface area (Å²) in [4.78, 5) is 12.1. The van der Waals surface area contributed by atoms with Gasteiger partial charge in [0.25, 0.3) is 5.91 Å². The predicted molar refractivity (Wildman–Crippen MR) is 98.5 cm³/mol. The van der Waals surface area contributed by atoms with Crippen LogP contribution < -0.4 is 15.4 Å². The van der Waals surface area contributed by atoms with Gasteiger partial charge >= 0.3 is 0 Å². The molecule has 2 aromatic rings. The van der Waals surface area contributed by atoms with Crippen LogP contribution in [0.2, 0.25) is 0 Å². The number of benzene rings is 2. The molecule has 7 heteroatoms. The van der Waals surface area contributed by atoms with Crippen molar-refractivity contribution in [2.45, 2.75) is 0 Å². The second-order valence-corrected chi connectivity index (χ2v) is 6.35. The van der Waals surface area contributed by atoms with Crippen LogP contribution in [0.25, 0.3) is 0 Å². The van der Waals surface area contributed by atoms with Gasteiger partial charge in [-0.15, -0.1) is 0 Å². The van der Waals surface area contributed by atoms with Crippen LogP contribution in [0.4, 0.5) is 5.69 Å². The number of halogens is 2. The maximum Gasteiger partial charge on any atom is 0.258 e. The molecule has 0 spiro atoms. The number of carbonyl (C=O) groups excluding carboxylic acids is 1. The van der Waals surface area contributed by atoms with Crippen molar-refractivity contribution in [3.05, 3.63) is 57.0 Å². The number of rotatable bonds is 3. The fourth-order valence-electron chi connectivity index (χ4n) is 1.72. The zero-order valence-corrected chi connectivity index (χ0v) is 15.5. The summed E-state index contributed by atoms with van der Waals surface area (Å²) in [6, 6.07) is 12.6. The van der Waals surface area contributed by atoms with Gasteiger partial charge < -0.3 is 10.1 Å². The highest BCUT2D eigenvalue weighted by Gasteiger charge is 2.11. The van der Waals surface area contributed by atoms with Gasteiger partial charge in [-0.25, -0.2) is 0 Å². The fourth-order valence-corrected chi connectivity index (χ4v) is 2.94. The van der Waals surface area contributed by atoms with E-state index in [1.165, 1.54) is 0 Å². The summed E-state index contributed by atoms with van der Waals surface area (Å²) in [5, 5.41) is 5.81. The molecular weight excluding hydrogens is 432 g/mol. The van der Waals surface area contributed by atoms with Crippen LogP contribution in [-0.4, -0.2) is 18.1 Å². The van der Waals surface area contributed by atoms with Crippen LogP contribution in [0.1, 0.15) is 10.4 Å². The van der Waals surface area contributed by atoms with Crippen LogP contribution in [0.5, 0.6) is 5.75 Å². The van der Waals surface area contributed by atoms with Gasteiger partial charge in [0.2, 0.25) is 0 Å². The van der Waals surface area contributed by atoms with Crippen molar-refractivity contribution in [1.29, 1.82) is 0 Å². The quantitative estimate of drug-likeness (QED) is 0.692. The molecule has 2 rings (SSSR count). The van der Waals surface area contributed by atoms with E-state index in [0.29, 0.717) is 15.8 Å². The summed E-state index contributed by atoms with van der Waals surface area (Å²) in [5.41, 5.74) is 1.26. The number of ether oxygens (including phenoxy) is 1. The van der Waals surface area contributed by atoms with Crippen molar-refractivity contribution < 1.29 is 9.53 Å². The highest BCUT2D eigenvalue weighted by atomic mass is 79.9. The lowest BCUT2D eigenvalue weighted by Crippen LogP contribution is -2.34. The predicted octanol–water partition coefficient (Wildman–Crippen LogP) is 4.35. The minimum atomic E-state index is -0.280. The number of amides is 1. The highest BCUT2D eigenvalue weighted by Crippen LogP contribution is 2.27. The lowest BCUT2D eigenvalue weighted by atomic mass is 10.2. The normalized spacial score (nSPS) is 9.95. The Balaban J connectivity index is 2.03. The van der Waals surface area contributed by atoms with Gasteiger partial charge in [-0.3, -0.25) is 10.1 Å². The Morgan fingerprint density at radius 1 is 1.14 bits per heavy atom. The number of thiocarbonyl (C=S) groups is 1. The number of hydrogen-bond acceptors (Lipinski definition) is 3. The van der Waals surface area contributed by atoms with Crippen molar-refractivity contribution >= 4 is 60.8 Å². The molecule has 0 aliphatic carbocycles. The van der Waals surface area contributed by atoms with Crippen molar-refractivity contribution in [2.24, 2.45) is 0 Å². The summed E-state index contributed by atoms with van der Waals surface area (Å²) in [6.45, 7) is 0. The molecule has 0 unspecified atom stereocenters. The molecule has 0 heterocycles. The van der Waals surface area contributed by atoms with Crippen molar-refractivity contribution in [2.75, 3.05) is 12.4 Å². The molecule has 0 fully saturated rings. The van der Waals surface area contributed by atoms with Gasteiger partial charge in [-0.1, -0.05) is 12.1 Å². The fraction of sp³-hybridized carbons (Fsp3) is 0.0667. The van der Waals surface area contributed by atoms with E-state index in [9.17, 15) is 4.79 Å². The summed E-state index contributed by atoms with van der Waals surface area (Å²) in [6.07, 6.45) is 0. The van der Waals surface area contributed by atoms with Crippen molar-refractivity contribution in [3.63, 3.8) is 0 Å². The number of carbonyl (C=O) groups is 1. The summed E-state index contributed by atoms with van der Waals surface area (Å²) < 4.78 is 6.66. The summed E-state index contributed by atoms with van der Waals surface area (Å²) in [5.74, 6) is 0.436. The lowest BCUT2D eigenvalue weighted by Gasteiger charge is -2.11. The molecule has 114 valence electrons. The average molecular weight is 444 g/mol. The Morgan fingerprint density at radius 3 is 2.50 bits per heavy atom. The first-order valence-corrected chi connectivity index (χ1v) is 8.21. The maximum absolute atomic E-state index is 12.1. The zero-order chi connectivity index (χ0) is 16.1. The molecule has 0 aromatic heterocycles. The number of methoxy groups -OCH3 is 1. The van der Waals surface area contributed by atoms with Crippen LogP contribution in [-0.2, 0) is 0 Å². The third kappa shape index (κ3) is 4.28. The lowest BCUT2D eigenvalue weighted by molar-refractivity contribution is 0.0977. The molecule has 1 amide bonds. The standard InChI is InChI=1S/C15H12Br2N2O2S/c1-21-13-7-6-9(8-12(13)17)18-15(22)19-14(20)10-4-2-3-5-11(10)16/h2-8H,1H3,(H2,18,19,20,22). The van der Waals surface area contributed by atoms with Crippen molar-refractivity contribution in [3.8, 4) is 5.75 Å². The van der Waals surface area contributed by atoms with E-state index < -0.39 is 0 Å². The largest absolute Gasteiger partial charge is 0.496 e. The molecular formula is C15H12Br2N2O2S. The SMILES string of the molecule is COc1ccc(NC(=S)NC(=O)c2ccccc2Br)cc1Br. The van der Waals surface area contributed by atoms with E-state index in [1.807, 2.05) is 12.1 Å². The van der Waals surface area contributed by atoms with Crippen LogP contribution in [0.3, 0.4) is 0 Å². The average Bonchev–Trinajstić information content (AvgIpc) is 2.47. The van der Waals surface area contributed by atoms with Crippen LogP contribution >= 0.6 is 44.1 Å². The monoisotopic (exact) mass is 442 g/mol. The molecule has 2 aromatic carbocycles. The van der Waals surface area contributed by atoms with E-state index >= 15 is 0 Å². The molecule has 0 aliphatic rings. The van der Waals surface area contributed by atoms with E-state index in [0.717, 1.165) is 10.2 Å². The summed E-state index contributed by atoms with van der Waals surface area (Å²) in [7, 11) is 1.59. The van der Waals surface area contributed by atoms with Gasteiger partial charge in [0.1, 0.15) is 5.75 Å². The highest BCUT2D eigenvalue weighted by molar-refractivity contribution is 9.10. The van der Waals surface area contributed by atoms with Crippen LogP contribution in [0.15, 0.2) is 51.4 Å². The van der Waals surface area contributed by atoms with Gasteiger partial charge in [0.15, 0.2) is 5.11 Å². The zero-order valence-electron chi connectivity index (χ0n) is 11.5.